The Morgan fingerprint density at radius 1 is 0.929 bits per heavy atom. The van der Waals surface area contributed by atoms with E-state index in [0.29, 0.717) is 0 Å². The Kier molecular flexibility index (Phi) is 3.56. The Morgan fingerprint density at radius 2 is 1.43 bits per heavy atom. The van der Waals surface area contributed by atoms with Crippen LogP contribution in [0.3, 0.4) is 0 Å². The van der Waals surface area contributed by atoms with E-state index in [1.807, 2.05) is 18.2 Å². The Bertz CT molecular complexity index is 363. The molecule has 2 heteroatoms. The third-order valence-electron chi connectivity index (χ3n) is 1.76. The number of benzene rings is 1. The van der Waals surface area contributed by atoms with Gasteiger partial charge in [-0.2, -0.15) is 10.2 Å². The van der Waals surface area contributed by atoms with E-state index >= 15 is 0 Å². The van der Waals surface area contributed by atoms with Crippen LogP contribution in [0.5, 0.6) is 0 Å². The van der Waals surface area contributed by atoms with Gasteiger partial charge in [0.15, 0.2) is 0 Å². The molecular formula is C12H12N2. The van der Waals surface area contributed by atoms with Crippen LogP contribution in [0.15, 0.2) is 41.6 Å². The number of nitrogens with zero attached hydrogens (tertiary/aromatic N) is 2. The number of rotatable bonds is 4. The highest BCUT2D eigenvalue weighted by Crippen LogP contribution is 2.11. The molecule has 0 aromatic heterocycles. The molecule has 0 saturated heterocycles. The number of hydrogen-bond acceptors (Lipinski definition) is 2. The second kappa shape index (κ2) is 4.92. The molecule has 0 heterocycles. The van der Waals surface area contributed by atoms with Crippen molar-refractivity contribution in [2.45, 2.75) is 0 Å². The monoisotopic (exact) mass is 184 g/mol. The molecule has 0 spiro atoms. The molecule has 0 radical (unpaired) electrons. The lowest BCUT2D eigenvalue weighted by atomic mass is 10.1. The van der Waals surface area contributed by atoms with Crippen molar-refractivity contribution in [2.75, 3.05) is 0 Å². The highest BCUT2D eigenvalue weighted by molar-refractivity contribution is 5.82. The molecular weight excluding hydrogens is 172 g/mol. The van der Waals surface area contributed by atoms with Crippen LogP contribution in [0.4, 0.5) is 0 Å². The molecule has 1 aromatic rings. The first kappa shape index (κ1) is 10.1. The molecule has 0 unspecified atom stereocenters. The third kappa shape index (κ3) is 2.52. The van der Waals surface area contributed by atoms with Crippen LogP contribution >= 0.6 is 0 Å². The molecule has 0 saturated carbocycles. The van der Waals surface area contributed by atoms with Gasteiger partial charge >= 0.3 is 0 Å². The highest BCUT2D eigenvalue weighted by atomic mass is 15.2. The highest BCUT2D eigenvalue weighted by Gasteiger charge is 1.94. The summed E-state index contributed by atoms with van der Waals surface area (Å²) in [5.74, 6) is 0. The molecule has 70 valence electrons. The van der Waals surface area contributed by atoms with Gasteiger partial charge in [0.05, 0.1) is 6.21 Å². The van der Waals surface area contributed by atoms with Crippen LogP contribution in [0.1, 0.15) is 16.7 Å². The van der Waals surface area contributed by atoms with E-state index < -0.39 is 0 Å². The molecule has 0 aliphatic heterocycles. The van der Waals surface area contributed by atoms with Crippen LogP contribution in [-0.2, 0) is 0 Å². The fourth-order valence-electron chi connectivity index (χ4n) is 1.12. The van der Waals surface area contributed by atoms with Gasteiger partial charge in [-0.1, -0.05) is 25.3 Å². The summed E-state index contributed by atoms with van der Waals surface area (Å²) in [6, 6.07) is 5.93. The van der Waals surface area contributed by atoms with Gasteiger partial charge in [0.1, 0.15) is 0 Å². The minimum absolute atomic E-state index is 0.963. The van der Waals surface area contributed by atoms with Crippen molar-refractivity contribution in [3.8, 4) is 0 Å². The van der Waals surface area contributed by atoms with Crippen molar-refractivity contribution in [1.82, 2.24) is 0 Å². The van der Waals surface area contributed by atoms with Crippen molar-refractivity contribution < 1.29 is 0 Å². The summed E-state index contributed by atoms with van der Waals surface area (Å²) in [5, 5.41) is 7.12. The predicted molar refractivity (Wildman–Crippen MR) is 63.8 cm³/mol. The fourth-order valence-corrected chi connectivity index (χ4v) is 1.12. The van der Waals surface area contributed by atoms with Crippen molar-refractivity contribution in [3.05, 3.63) is 48.0 Å². The van der Waals surface area contributed by atoms with Gasteiger partial charge in [-0.15, -0.1) is 0 Å². The van der Waals surface area contributed by atoms with E-state index in [-0.39, 0.29) is 0 Å². The summed E-state index contributed by atoms with van der Waals surface area (Å²) < 4.78 is 0. The predicted octanol–water partition coefficient (Wildman–Crippen LogP) is 3.01. The first-order valence-electron chi connectivity index (χ1n) is 4.19. The molecule has 1 rings (SSSR count). The van der Waals surface area contributed by atoms with Crippen LogP contribution in [0.25, 0.3) is 12.2 Å². The van der Waals surface area contributed by atoms with Gasteiger partial charge in [-0.25, -0.2) is 0 Å². The van der Waals surface area contributed by atoms with Crippen LogP contribution < -0.4 is 0 Å². The molecule has 2 nitrogen and oxygen atoms in total. The lowest BCUT2D eigenvalue weighted by Gasteiger charge is -1.99. The summed E-state index contributed by atoms with van der Waals surface area (Å²) in [6.07, 6.45) is 5.21. The Hall–Kier alpha value is -1.96. The minimum atomic E-state index is 0.963. The normalized spacial score (nSPS) is 10.0. The van der Waals surface area contributed by atoms with Gasteiger partial charge < -0.3 is 0 Å². The average Bonchev–Trinajstić information content (AvgIpc) is 2.25. The molecule has 1 aromatic carbocycles. The van der Waals surface area contributed by atoms with E-state index in [1.54, 1.807) is 18.4 Å². The SMILES string of the molecule is C=Cc1cc(C=C)cc(C=NN=C)c1. The minimum Gasteiger partial charge on any atom is -0.167 e. The quantitative estimate of drug-likeness (QED) is 0.507. The third-order valence-corrected chi connectivity index (χ3v) is 1.76. The summed E-state index contributed by atoms with van der Waals surface area (Å²) >= 11 is 0. The Labute approximate surface area is 84.0 Å². The summed E-state index contributed by atoms with van der Waals surface area (Å²) in [5.41, 5.74) is 3.03. The molecule has 0 amide bonds. The molecule has 0 aliphatic carbocycles. The van der Waals surface area contributed by atoms with E-state index in [9.17, 15) is 0 Å². The fraction of sp³-hybridized carbons (Fsp3) is 0. The second-order valence-corrected chi connectivity index (χ2v) is 2.73. The van der Waals surface area contributed by atoms with E-state index in [2.05, 4.69) is 30.1 Å². The molecule has 0 atom stereocenters. The molecule has 0 aliphatic rings. The lowest BCUT2D eigenvalue weighted by Crippen LogP contribution is -1.84. The average molecular weight is 184 g/mol. The smallest absolute Gasteiger partial charge is 0.0568 e. The van der Waals surface area contributed by atoms with Gasteiger partial charge in [0, 0.05) is 6.72 Å². The standard InChI is InChI=1S/C12H12N2/c1-4-10-6-11(5-2)8-12(7-10)9-14-13-3/h4-9H,1-3H2. The summed E-state index contributed by atoms with van der Waals surface area (Å²) in [7, 11) is 0. The lowest BCUT2D eigenvalue weighted by molar-refractivity contribution is 1.28. The molecule has 0 fully saturated rings. The van der Waals surface area contributed by atoms with Crippen LogP contribution in [0.2, 0.25) is 0 Å². The van der Waals surface area contributed by atoms with Crippen molar-refractivity contribution >= 4 is 25.1 Å². The van der Waals surface area contributed by atoms with E-state index in [4.69, 9.17) is 0 Å². The van der Waals surface area contributed by atoms with Crippen LogP contribution in [0, 0.1) is 0 Å². The zero-order chi connectivity index (χ0) is 10.4. The molecule has 0 bridgehead atoms. The Balaban J connectivity index is 3.16. The maximum absolute atomic E-state index is 3.71. The summed E-state index contributed by atoms with van der Waals surface area (Å²) in [6.45, 7) is 10.7. The van der Waals surface area contributed by atoms with Crippen LogP contribution in [-0.4, -0.2) is 12.9 Å². The molecule has 14 heavy (non-hydrogen) atoms. The van der Waals surface area contributed by atoms with Crippen molar-refractivity contribution in [2.24, 2.45) is 10.2 Å². The first-order valence-corrected chi connectivity index (χ1v) is 4.19. The maximum Gasteiger partial charge on any atom is 0.0568 e. The first-order chi connectivity index (χ1) is 6.80. The second-order valence-electron chi connectivity index (χ2n) is 2.73. The zero-order valence-electron chi connectivity index (χ0n) is 7.98. The van der Waals surface area contributed by atoms with Gasteiger partial charge in [0.25, 0.3) is 0 Å². The van der Waals surface area contributed by atoms with Gasteiger partial charge in [-0.05, 0) is 34.9 Å². The number of hydrogen-bond donors (Lipinski definition) is 0. The van der Waals surface area contributed by atoms with E-state index in [0.717, 1.165) is 16.7 Å². The largest absolute Gasteiger partial charge is 0.167 e. The van der Waals surface area contributed by atoms with E-state index in [1.165, 1.54) is 0 Å². The Morgan fingerprint density at radius 3 is 1.86 bits per heavy atom. The summed E-state index contributed by atoms with van der Waals surface area (Å²) in [4.78, 5) is 0. The van der Waals surface area contributed by atoms with Gasteiger partial charge in [0.2, 0.25) is 0 Å². The van der Waals surface area contributed by atoms with Crippen molar-refractivity contribution in [1.29, 1.82) is 0 Å². The zero-order valence-corrected chi connectivity index (χ0v) is 7.98. The van der Waals surface area contributed by atoms with Gasteiger partial charge in [-0.3, -0.25) is 0 Å². The van der Waals surface area contributed by atoms with Crippen molar-refractivity contribution in [3.63, 3.8) is 0 Å². The molecule has 0 N–H and O–H groups in total. The maximum atomic E-state index is 3.71. The topological polar surface area (TPSA) is 24.7 Å².